The van der Waals surface area contributed by atoms with Crippen molar-refractivity contribution in [2.75, 3.05) is 0 Å². The van der Waals surface area contributed by atoms with Gasteiger partial charge in [0.15, 0.2) is 5.78 Å². The van der Waals surface area contributed by atoms with Crippen LogP contribution in [0.3, 0.4) is 0 Å². The maximum atomic E-state index is 13.3. The molecular formula is C26H29N3O2. The van der Waals surface area contributed by atoms with Crippen LogP contribution in [0, 0.1) is 13.8 Å². The van der Waals surface area contributed by atoms with Crippen molar-refractivity contribution in [1.82, 2.24) is 15.1 Å². The van der Waals surface area contributed by atoms with Crippen molar-refractivity contribution in [3.63, 3.8) is 0 Å². The highest BCUT2D eigenvalue weighted by atomic mass is 16.2. The molecule has 1 aromatic heterocycles. The van der Waals surface area contributed by atoms with Gasteiger partial charge in [0, 0.05) is 29.8 Å². The van der Waals surface area contributed by atoms with E-state index in [9.17, 15) is 9.59 Å². The molecule has 0 bridgehead atoms. The Morgan fingerprint density at radius 3 is 2.48 bits per heavy atom. The highest BCUT2D eigenvalue weighted by molar-refractivity contribution is 5.99. The van der Waals surface area contributed by atoms with Gasteiger partial charge in [-0.05, 0) is 43.0 Å². The molecule has 0 unspecified atom stereocenters. The summed E-state index contributed by atoms with van der Waals surface area (Å²) in [6.45, 7) is 8.25. The number of hydrogen-bond donors (Lipinski definition) is 1. The monoisotopic (exact) mass is 415 g/mol. The fraction of sp³-hybridized carbons (Fsp3) is 0.346. The highest BCUT2D eigenvalue weighted by Gasteiger charge is 2.41. The number of nitrogens with zero attached hydrogens (tertiary/aromatic N) is 2. The Labute approximate surface area is 183 Å². The van der Waals surface area contributed by atoms with Crippen LogP contribution in [-0.4, -0.2) is 27.5 Å². The summed E-state index contributed by atoms with van der Waals surface area (Å²) in [5.41, 5.74) is 6.72. The molecule has 0 aliphatic heterocycles. The summed E-state index contributed by atoms with van der Waals surface area (Å²) in [7, 11) is 1.88. The zero-order valence-electron chi connectivity index (χ0n) is 18.8. The van der Waals surface area contributed by atoms with Gasteiger partial charge in [-0.1, -0.05) is 55.8 Å². The van der Waals surface area contributed by atoms with Gasteiger partial charge in [-0.25, -0.2) is 0 Å². The van der Waals surface area contributed by atoms with Crippen LogP contribution in [0.4, 0.5) is 0 Å². The first-order chi connectivity index (χ1) is 14.8. The third-order valence-electron chi connectivity index (χ3n) is 6.25. The SMILES string of the molecule is Cc1cccc(C(=O)N[C@@H]2C(=O)Cc3c(c(C)nn3C)[C@H]2c2ccc(C(C)C)cc2)c1. The van der Waals surface area contributed by atoms with Gasteiger partial charge in [0.25, 0.3) is 5.91 Å². The summed E-state index contributed by atoms with van der Waals surface area (Å²) in [4.78, 5) is 26.3. The summed E-state index contributed by atoms with van der Waals surface area (Å²) in [6.07, 6.45) is 0.270. The van der Waals surface area contributed by atoms with Gasteiger partial charge in [-0.2, -0.15) is 5.10 Å². The van der Waals surface area contributed by atoms with Crippen molar-refractivity contribution in [3.8, 4) is 0 Å². The predicted octanol–water partition coefficient (Wildman–Crippen LogP) is 4.22. The van der Waals surface area contributed by atoms with Crippen LogP contribution in [0.1, 0.15) is 69.7 Å². The molecule has 160 valence electrons. The van der Waals surface area contributed by atoms with Gasteiger partial charge in [0.2, 0.25) is 0 Å². The van der Waals surface area contributed by atoms with Crippen molar-refractivity contribution in [3.05, 3.63) is 87.7 Å². The number of carbonyl (C=O) groups excluding carboxylic acids is 2. The minimum atomic E-state index is -0.631. The van der Waals surface area contributed by atoms with E-state index < -0.39 is 6.04 Å². The second-order valence-electron chi connectivity index (χ2n) is 8.83. The van der Waals surface area contributed by atoms with E-state index in [-0.39, 0.29) is 24.0 Å². The Kier molecular flexibility index (Phi) is 5.52. The van der Waals surface area contributed by atoms with Crippen LogP contribution < -0.4 is 5.32 Å². The number of aromatic nitrogens is 2. The maximum absolute atomic E-state index is 13.3. The van der Waals surface area contributed by atoms with E-state index in [0.717, 1.165) is 28.1 Å². The van der Waals surface area contributed by atoms with Crippen LogP contribution in [0.15, 0.2) is 48.5 Å². The Morgan fingerprint density at radius 1 is 1.13 bits per heavy atom. The molecule has 0 spiro atoms. The first-order valence-electron chi connectivity index (χ1n) is 10.8. The number of benzene rings is 2. The molecule has 5 heteroatoms. The Balaban J connectivity index is 1.77. The molecular weight excluding hydrogens is 386 g/mol. The van der Waals surface area contributed by atoms with Crippen LogP contribution in [0.25, 0.3) is 0 Å². The standard InChI is InChI=1S/C26H29N3O2/c1-15(2)18-9-11-19(12-10-18)24-23-17(4)28-29(5)21(23)14-22(30)25(24)27-26(31)20-8-6-7-16(3)13-20/h6-13,15,24-25H,14H2,1-5H3,(H,27,31)/t24-,25-/m1/s1. The zero-order valence-corrected chi connectivity index (χ0v) is 18.8. The molecule has 0 saturated carbocycles. The van der Waals surface area contributed by atoms with Crippen LogP contribution in [0.2, 0.25) is 0 Å². The molecule has 1 aliphatic carbocycles. The fourth-order valence-corrected chi connectivity index (χ4v) is 4.59. The number of fused-ring (bicyclic) bond motifs is 1. The fourth-order valence-electron chi connectivity index (χ4n) is 4.59. The number of hydrogen-bond acceptors (Lipinski definition) is 3. The van der Waals surface area contributed by atoms with E-state index in [4.69, 9.17) is 0 Å². The Hall–Kier alpha value is -3.21. The molecule has 5 nitrogen and oxygen atoms in total. The number of rotatable bonds is 4. The number of ketones is 1. The lowest BCUT2D eigenvalue weighted by molar-refractivity contribution is -0.121. The van der Waals surface area contributed by atoms with E-state index in [1.165, 1.54) is 5.56 Å². The van der Waals surface area contributed by atoms with Crippen LogP contribution in [-0.2, 0) is 18.3 Å². The highest BCUT2D eigenvalue weighted by Crippen LogP contribution is 2.38. The third-order valence-corrected chi connectivity index (χ3v) is 6.25. The van der Waals surface area contributed by atoms with E-state index in [0.29, 0.717) is 11.5 Å². The quantitative estimate of drug-likeness (QED) is 0.694. The van der Waals surface area contributed by atoms with E-state index in [1.807, 2.05) is 39.1 Å². The minimum Gasteiger partial charge on any atom is -0.341 e. The lowest BCUT2D eigenvalue weighted by Gasteiger charge is -2.32. The minimum absolute atomic E-state index is 0.00874. The maximum Gasteiger partial charge on any atom is 0.251 e. The van der Waals surface area contributed by atoms with Gasteiger partial charge in [0.1, 0.15) is 0 Å². The first-order valence-corrected chi connectivity index (χ1v) is 10.8. The molecule has 2 aromatic carbocycles. The first kappa shape index (κ1) is 21.0. The normalized spacial score (nSPS) is 18.2. The number of Topliss-reactive ketones (excluding diaryl/α,β-unsaturated/α-hetero) is 1. The van der Waals surface area contributed by atoms with E-state index in [2.05, 4.69) is 48.5 Å². The topological polar surface area (TPSA) is 64.0 Å². The van der Waals surface area contributed by atoms with Gasteiger partial charge in [-0.3, -0.25) is 14.3 Å². The molecule has 0 fully saturated rings. The molecule has 4 rings (SSSR count). The summed E-state index contributed by atoms with van der Waals surface area (Å²) in [5, 5.41) is 7.63. The van der Waals surface area contributed by atoms with E-state index in [1.54, 1.807) is 10.7 Å². The molecule has 1 amide bonds. The molecule has 3 aromatic rings. The third kappa shape index (κ3) is 3.92. The van der Waals surface area contributed by atoms with Gasteiger partial charge < -0.3 is 5.32 Å². The second kappa shape index (κ2) is 8.14. The van der Waals surface area contributed by atoms with Gasteiger partial charge >= 0.3 is 0 Å². The van der Waals surface area contributed by atoms with Crippen molar-refractivity contribution >= 4 is 11.7 Å². The van der Waals surface area contributed by atoms with Crippen molar-refractivity contribution in [2.24, 2.45) is 7.05 Å². The molecule has 31 heavy (non-hydrogen) atoms. The molecule has 1 heterocycles. The largest absolute Gasteiger partial charge is 0.341 e. The second-order valence-corrected chi connectivity index (χ2v) is 8.83. The van der Waals surface area contributed by atoms with Gasteiger partial charge in [-0.15, -0.1) is 0 Å². The van der Waals surface area contributed by atoms with Crippen LogP contribution >= 0.6 is 0 Å². The number of carbonyl (C=O) groups is 2. The average molecular weight is 416 g/mol. The summed E-state index contributed by atoms with van der Waals surface area (Å²) >= 11 is 0. The van der Waals surface area contributed by atoms with Crippen molar-refractivity contribution < 1.29 is 9.59 Å². The summed E-state index contributed by atoms with van der Waals surface area (Å²) in [6, 6.07) is 15.2. The van der Waals surface area contributed by atoms with Crippen molar-refractivity contribution in [2.45, 2.75) is 52.0 Å². The zero-order chi connectivity index (χ0) is 22.3. The Bertz CT molecular complexity index is 1140. The van der Waals surface area contributed by atoms with Crippen LogP contribution in [0.5, 0.6) is 0 Å². The number of nitrogens with one attached hydrogen (secondary N) is 1. The molecule has 0 saturated heterocycles. The van der Waals surface area contributed by atoms with E-state index >= 15 is 0 Å². The molecule has 1 aliphatic rings. The van der Waals surface area contributed by atoms with Gasteiger partial charge in [0.05, 0.1) is 18.2 Å². The lowest BCUT2D eigenvalue weighted by atomic mass is 9.76. The number of aryl methyl sites for hydroxylation is 3. The smallest absolute Gasteiger partial charge is 0.251 e. The average Bonchev–Trinajstić information content (AvgIpc) is 3.01. The predicted molar refractivity (Wildman–Crippen MR) is 121 cm³/mol. The summed E-state index contributed by atoms with van der Waals surface area (Å²) in [5.74, 6) is -0.0558. The van der Waals surface area contributed by atoms with Crippen molar-refractivity contribution in [1.29, 1.82) is 0 Å². The molecule has 1 N–H and O–H groups in total. The Morgan fingerprint density at radius 2 is 1.84 bits per heavy atom. The summed E-state index contributed by atoms with van der Waals surface area (Å²) < 4.78 is 1.80. The molecule has 2 atom stereocenters. The molecule has 0 radical (unpaired) electrons. The number of amides is 1. The lowest BCUT2D eigenvalue weighted by Crippen LogP contribution is -2.48.